The number of ether oxygens (including phenoxy) is 1. The maximum atomic E-state index is 13.1. The molecule has 3 aromatic rings. The van der Waals surface area contributed by atoms with Gasteiger partial charge in [-0.25, -0.2) is 4.68 Å². The number of hydrogen-bond donors (Lipinski definition) is 1. The zero-order chi connectivity index (χ0) is 20.9. The van der Waals surface area contributed by atoms with Crippen LogP contribution in [0.4, 0.5) is 19.1 Å². The molecule has 4 rings (SSSR count). The molecule has 1 aliphatic rings. The first-order valence-corrected chi connectivity index (χ1v) is 9.18. The number of alkyl halides is 3. The van der Waals surface area contributed by atoms with Gasteiger partial charge in [0, 0.05) is 12.7 Å². The van der Waals surface area contributed by atoms with E-state index in [1.807, 2.05) is 11.8 Å². The number of anilines is 1. The third-order valence-corrected chi connectivity index (χ3v) is 5.06. The molecule has 10 heteroatoms. The van der Waals surface area contributed by atoms with Gasteiger partial charge in [-0.15, -0.1) is 5.10 Å². The first kappa shape index (κ1) is 19.4. The third-order valence-electron chi connectivity index (χ3n) is 5.06. The Morgan fingerprint density at radius 1 is 1.24 bits per heavy atom. The molecular formula is C19H20F3N5O2. The molecule has 29 heavy (non-hydrogen) atoms. The molecule has 154 valence electrons. The van der Waals surface area contributed by atoms with E-state index in [0.29, 0.717) is 42.5 Å². The number of hydrogen-bond acceptors (Lipinski definition) is 5. The third kappa shape index (κ3) is 3.48. The molecule has 0 bridgehead atoms. The number of morpholine rings is 1. The van der Waals surface area contributed by atoms with Crippen LogP contribution in [0.1, 0.15) is 23.6 Å². The van der Waals surface area contributed by atoms with Crippen LogP contribution in [-0.2, 0) is 10.9 Å². The molecule has 1 aliphatic heterocycles. The molecule has 0 amide bonds. The number of aromatic amines is 1. The highest BCUT2D eigenvalue weighted by Gasteiger charge is 2.31. The zero-order valence-corrected chi connectivity index (χ0v) is 16.2. The minimum absolute atomic E-state index is 0.0471. The average Bonchev–Trinajstić information content (AvgIpc) is 3.05. The van der Waals surface area contributed by atoms with Gasteiger partial charge in [-0.1, -0.05) is 0 Å². The van der Waals surface area contributed by atoms with E-state index < -0.39 is 11.7 Å². The monoisotopic (exact) mass is 407 g/mol. The predicted octanol–water partition coefficient (Wildman–Crippen LogP) is 2.97. The Morgan fingerprint density at radius 3 is 2.55 bits per heavy atom. The van der Waals surface area contributed by atoms with E-state index in [-0.39, 0.29) is 22.6 Å². The topological polar surface area (TPSA) is 76.0 Å². The van der Waals surface area contributed by atoms with Crippen LogP contribution in [0, 0.1) is 13.8 Å². The number of halogens is 3. The molecule has 1 N–H and O–H groups in total. The minimum atomic E-state index is -4.43. The number of rotatable bonds is 2. The quantitative estimate of drug-likeness (QED) is 0.707. The Hall–Kier alpha value is -2.88. The smallest absolute Gasteiger partial charge is 0.377 e. The summed E-state index contributed by atoms with van der Waals surface area (Å²) >= 11 is 0. The molecule has 1 atom stereocenters. The van der Waals surface area contributed by atoms with E-state index in [0.717, 1.165) is 12.1 Å². The summed E-state index contributed by atoms with van der Waals surface area (Å²) in [6, 6.07) is 2.20. The Labute approximate surface area is 164 Å². The molecule has 7 nitrogen and oxygen atoms in total. The van der Waals surface area contributed by atoms with Crippen LogP contribution in [0.25, 0.3) is 16.7 Å². The van der Waals surface area contributed by atoms with Crippen molar-refractivity contribution in [3.8, 4) is 5.69 Å². The molecule has 0 radical (unpaired) electrons. The molecule has 2 aromatic heterocycles. The van der Waals surface area contributed by atoms with Crippen molar-refractivity contribution in [1.82, 2.24) is 19.7 Å². The van der Waals surface area contributed by atoms with Crippen molar-refractivity contribution in [2.75, 3.05) is 24.7 Å². The summed E-state index contributed by atoms with van der Waals surface area (Å²) in [7, 11) is 0. The van der Waals surface area contributed by atoms with Crippen molar-refractivity contribution in [2.45, 2.75) is 33.0 Å². The summed E-state index contributed by atoms with van der Waals surface area (Å²) in [5.41, 5.74) is 0.481. The maximum Gasteiger partial charge on any atom is 0.416 e. The molecule has 3 heterocycles. The van der Waals surface area contributed by atoms with Crippen LogP contribution in [0.3, 0.4) is 0 Å². The minimum Gasteiger partial charge on any atom is -0.377 e. The highest BCUT2D eigenvalue weighted by atomic mass is 19.4. The molecule has 0 unspecified atom stereocenters. The van der Waals surface area contributed by atoms with Crippen molar-refractivity contribution in [3.05, 3.63) is 45.4 Å². The van der Waals surface area contributed by atoms with Crippen LogP contribution in [0.15, 0.2) is 23.1 Å². The van der Waals surface area contributed by atoms with Gasteiger partial charge >= 0.3 is 6.18 Å². The van der Waals surface area contributed by atoms with Gasteiger partial charge in [-0.3, -0.25) is 9.78 Å². The lowest BCUT2D eigenvalue weighted by Gasteiger charge is -2.33. The standard InChI is InChI=1S/C19H20F3N5O2/c1-10-6-13(19(20,21)22)7-11(2)15(10)27-8-14-16(25-27)23-18(24-17(14)28)26-4-5-29-9-12(26)3/h6-8,12H,4-5,9H2,1-3H3,(H,23,24,25,28)/t12-/m1/s1. The number of nitrogens with zero attached hydrogens (tertiary/aromatic N) is 4. The van der Waals surface area contributed by atoms with Crippen molar-refractivity contribution < 1.29 is 17.9 Å². The summed E-state index contributed by atoms with van der Waals surface area (Å²) < 4.78 is 46.0. The molecule has 0 saturated carbocycles. The number of fused-ring (bicyclic) bond motifs is 1. The van der Waals surface area contributed by atoms with Crippen molar-refractivity contribution in [2.24, 2.45) is 0 Å². The lowest BCUT2D eigenvalue weighted by Crippen LogP contribution is -2.45. The lowest BCUT2D eigenvalue weighted by atomic mass is 10.0. The molecule has 0 spiro atoms. The number of nitrogens with one attached hydrogen (secondary N) is 1. The van der Waals surface area contributed by atoms with Gasteiger partial charge in [0.2, 0.25) is 5.95 Å². The van der Waals surface area contributed by atoms with Crippen molar-refractivity contribution >= 4 is 17.0 Å². The normalized spacial score (nSPS) is 17.9. The number of aryl methyl sites for hydroxylation is 2. The van der Waals surface area contributed by atoms with Gasteiger partial charge in [0.15, 0.2) is 5.65 Å². The van der Waals surface area contributed by atoms with Crippen molar-refractivity contribution in [1.29, 1.82) is 0 Å². The van der Waals surface area contributed by atoms with Gasteiger partial charge in [0.05, 0.1) is 30.5 Å². The molecule has 1 aromatic carbocycles. The van der Waals surface area contributed by atoms with Gasteiger partial charge in [-0.2, -0.15) is 18.2 Å². The Balaban J connectivity index is 1.81. The van der Waals surface area contributed by atoms with E-state index >= 15 is 0 Å². The van der Waals surface area contributed by atoms with Gasteiger partial charge in [0.1, 0.15) is 5.39 Å². The lowest BCUT2D eigenvalue weighted by molar-refractivity contribution is -0.137. The largest absolute Gasteiger partial charge is 0.416 e. The van der Waals surface area contributed by atoms with Gasteiger partial charge < -0.3 is 9.64 Å². The second-order valence-corrected chi connectivity index (χ2v) is 7.27. The Bertz CT molecular complexity index is 1110. The fourth-order valence-corrected chi connectivity index (χ4v) is 3.68. The van der Waals surface area contributed by atoms with Crippen LogP contribution < -0.4 is 10.5 Å². The summed E-state index contributed by atoms with van der Waals surface area (Å²) in [4.78, 5) is 21.8. The zero-order valence-electron chi connectivity index (χ0n) is 16.2. The number of H-pyrrole nitrogens is 1. The number of benzene rings is 1. The maximum absolute atomic E-state index is 13.1. The van der Waals surface area contributed by atoms with E-state index in [9.17, 15) is 18.0 Å². The first-order valence-electron chi connectivity index (χ1n) is 9.18. The van der Waals surface area contributed by atoms with Crippen molar-refractivity contribution in [3.63, 3.8) is 0 Å². The molecule has 1 fully saturated rings. The summed E-state index contributed by atoms with van der Waals surface area (Å²) in [5, 5.41) is 4.66. The van der Waals surface area contributed by atoms with Gasteiger partial charge in [-0.05, 0) is 44.0 Å². The van der Waals surface area contributed by atoms with E-state index in [1.165, 1.54) is 10.9 Å². The summed E-state index contributed by atoms with van der Waals surface area (Å²) in [5.74, 6) is 0.407. The second kappa shape index (κ2) is 6.87. The van der Waals surface area contributed by atoms with E-state index in [4.69, 9.17) is 4.74 Å². The Kier molecular flexibility index (Phi) is 4.60. The highest BCUT2D eigenvalue weighted by molar-refractivity contribution is 5.75. The molecule has 0 aliphatic carbocycles. The number of aromatic nitrogens is 4. The van der Waals surface area contributed by atoms with Crippen LogP contribution >= 0.6 is 0 Å². The fraction of sp³-hybridized carbons (Fsp3) is 0.421. The summed E-state index contributed by atoms with van der Waals surface area (Å²) in [6.07, 6.45) is -2.93. The average molecular weight is 407 g/mol. The molecular weight excluding hydrogens is 387 g/mol. The van der Waals surface area contributed by atoms with Crippen LogP contribution in [0.2, 0.25) is 0 Å². The fourth-order valence-electron chi connectivity index (χ4n) is 3.68. The highest BCUT2D eigenvalue weighted by Crippen LogP contribution is 2.33. The van der Waals surface area contributed by atoms with E-state index in [2.05, 4.69) is 15.1 Å². The van der Waals surface area contributed by atoms with E-state index in [1.54, 1.807) is 13.8 Å². The van der Waals surface area contributed by atoms with Crippen LogP contribution in [0.5, 0.6) is 0 Å². The first-order chi connectivity index (χ1) is 13.6. The second-order valence-electron chi connectivity index (χ2n) is 7.27. The SMILES string of the molecule is Cc1cc(C(F)(F)F)cc(C)c1-n1cc2c(=O)[nH]c(N3CCOC[C@H]3C)nc2n1. The van der Waals surface area contributed by atoms with Crippen LogP contribution in [-0.4, -0.2) is 45.5 Å². The Morgan fingerprint density at radius 2 is 1.93 bits per heavy atom. The van der Waals surface area contributed by atoms with Gasteiger partial charge in [0.25, 0.3) is 5.56 Å². The molecule has 1 saturated heterocycles. The predicted molar refractivity (Wildman–Crippen MR) is 102 cm³/mol. The summed E-state index contributed by atoms with van der Waals surface area (Å²) in [6.45, 7) is 6.79.